The molecule has 6 nitrogen and oxygen atoms in total. The standard InChI is InChI=1S/C22H26N6S4/c1-27-11-7-9-17(15-27)19-21(25-31-23-19)29-13-5-3-4-6-14-30-22-20(24-32-26-22)18-10-8-12-28(2)16-18/h7-12,15-16H,3-6,13-14H2,1-2H3/q+2. The van der Waals surface area contributed by atoms with Gasteiger partial charge < -0.3 is 0 Å². The first-order chi connectivity index (χ1) is 15.7. The summed E-state index contributed by atoms with van der Waals surface area (Å²) in [4.78, 5) is 0. The number of rotatable bonds is 11. The van der Waals surface area contributed by atoms with Gasteiger partial charge in [0.05, 0.1) is 34.6 Å². The molecule has 0 aromatic carbocycles. The Kier molecular flexibility index (Phi) is 8.61. The average Bonchev–Trinajstić information content (AvgIpc) is 3.45. The molecule has 4 aromatic heterocycles. The van der Waals surface area contributed by atoms with Crippen LogP contribution in [-0.4, -0.2) is 29.0 Å². The summed E-state index contributed by atoms with van der Waals surface area (Å²) in [6, 6.07) is 8.29. The summed E-state index contributed by atoms with van der Waals surface area (Å²) in [6.45, 7) is 0. The zero-order valence-electron chi connectivity index (χ0n) is 18.2. The van der Waals surface area contributed by atoms with Crippen LogP contribution in [0.1, 0.15) is 25.7 Å². The molecule has 0 fully saturated rings. The van der Waals surface area contributed by atoms with Crippen LogP contribution < -0.4 is 9.13 Å². The molecule has 0 radical (unpaired) electrons. The van der Waals surface area contributed by atoms with Gasteiger partial charge in [0.15, 0.2) is 24.8 Å². The van der Waals surface area contributed by atoms with E-state index < -0.39 is 0 Å². The number of thioether (sulfide) groups is 2. The predicted molar refractivity (Wildman–Crippen MR) is 133 cm³/mol. The molecule has 0 aliphatic carbocycles. The Morgan fingerprint density at radius 2 is 1.16 bits per heavy atom. The first kappa shape index (κ1) is 23.3. The number of pyridine rings is 2. The monoisotopic (exact) mass is 502 g/mol. The summed E-state index contributed by atoms with van der Waals surface area (Å²) in [5, 5.41) is 2.10. The van der Waals surface area contributed by atoms with E-state index in [0.717, 1.165) is 44.1 Å². The molecule has 0 saturated heterocycles. The molecule has 4 heterocycles. The van der Waals surface area contributed by atoms with Gasteiger partial charge in [0.1, 0.15) is 35.5 Å². The highest BCUT2D eigenvalue weighted by molar-refractivity contribution is 7.99. The van der Waals surface area contributed by atoms with Crippen LogP contribution in [0.2, 0.25) is 0 Å². The van der Waals surface area contributed by atoms with E-state index in [4.69, 9.17) is 0 Å². The van der Waals surface area contributed by atoms with Gasteiger partial charge >= 0.3 is 0 Å². The minimum absolute atomic E-state index is 1.01. The van der Waals surface area contributed by atoms with Gasteiger partial charge in [0, 0.05) is 12.1 Å². The third-order valence-electron chi connectivity index (χ3n) is 4.86. The van der Waals surface area contributed by atoms with Crippen molar-refractivity contribution >= 4 is 47.0 Å². The van der Waals surface area contributed by atoms with Gasteiger partial charge in [-0.1, -0.05) is 12.8 Å². The van der Waals surface area contributed by atoms with Crippen LogP contribution in [0.5, 0.6) is 0 Å². The van der Waals surface area contributed by atoms with Gasteiger partial charge in [0.2, 0.25) is 0 Å². The first-order valence-electron chi connectivity index (χ1n) is 10.5. The lowest BCUT2D eigenvalue weighted by Crippen LogP contribution is -2.26. The molecule has 0 spiro atoms. The highest BCUT2D eigenvalue weighted by atomic mass is 32.2. The van der Waals surface area contributed by atoms with Crippen LogP contribution in [0.15, 0.2) is 59.1 Å². The maximum absolute atomic E-state index is 4.51. The average molecular weight is 503 g/mol. The number of aromatic nitrogens is 6. The third-order valence-corrected chi connectivity index (χ3v) is 8.25. The van der Waals surface area contributed by atoms with E-state index in [1.807, 2.05) is 71.3 Å². The van der Waals surface area contributed by atoms with Crippen LogP contribution in [0.25, 0.3) is 22.5 Å². The van der Waals surface area contributed by atoms with Crippen LogP contribution >= 0.6 is 47.0 Å². The second-order valence-electron chi connectivity index (χ2n) is 7.46. The van der Waals surface area contributed by atoms with Gasteiger partial charge in [0.25, 0.3) is 0 Å². The molecule has 0 saturated carbocycles. The van der Waals surface area contributed by atoms with Gasteiger partial charge in [-0.3, -0.25) is 0 Å². The van der Waals surface area contributed by atoms with E-state index in [-0.39, 0.29) is 0 Å². The van der Waals surface area contributed by atoms with E-state index in [1.54, 1.807) is 0 Å². The molecule has 0 bridgehead atoms. The van der Waals surface area contributed by atoms with Crippen molar-refractivity contribution in [2.75, 3.05) is 11.5 Å². The predicted octanol–water partition coefficient (Wildman–Crippen LogP) is 4.82. The molecular weight excluding hydrogens is 477 g/mol. The molecular formula is C22H26N6S4+2. The number of aryl methyl sites for hydroxylation is 2. The summed E-state index contributed by atoms with van der Waals surface area (Å²) < 4.78 is 22.1. The summed E-state index contributed by atoms with van der Waals surface area (Å²) in [6.07, 6.45) is 13.1. The Balaban J connectivity index is 1.15. The zero-order chi connectivity index (χ0) is 22.2. The summed E-state index contributed by atoms with van der Waals surface area (Å²) in [5.74, 6) is 2.16. The van der Waals surface area contributed by atoms with Crippen molar-refractivity contribution in [2.24, 2.45) is 14.1 Å². The van der Waals surface area contributed by atoms with Crippen molar-refractivity contribution in [1.29, 1.82) is 0 Å². The fourth-order valence-electron chi connectivity index (χ4n) is 3.25. The molecule has 0 unspecified atom stereocenters. The Morgan fingerprint density at radius 3 is 1.59 bits per heavy atom. The van der Waals surface area contributed by atoms with Crippen molar-refractivity contribution in [3.8, 4) is 22.5 Å². The topological polar surface area (TPSA) is 59.3 Å². The van der Waals surface area contributed by atoms with Gasteiger partial charge in [-0.25, -0.2) is 9.13 Å². The van der Waals surface area contributed by atoms with E-state index in [0.29, 0.717) is 0 Å². The quantitative estimate of drug-likeness (QED) is 0.167. The Morgan fingerprint density at radius 1 is 0.688 bits per heavy atom. The normalized spacial score (nSPS) is 11.2. The zero-order valence-corrected chi connectivity index (χ0v) is 21.4. The van der Waals surface area contributed by atoms with Gasteiger partial charge in [-0.15, -0.1) is 23.5 Å². The minimum atomic E-state index is 1.01. The molecule has 4 aromatic rings. The van der Waals surface area contributed by atoms with Crippen molar-refractivity contribution in [2.45, 2.75) is 35.7 Å². The van der Waals surface area contributed by atoms with Crippen molar-refractivity contribution in [3.05, 3.63) is 49.1 Å². The summed E-state index contributed by atoms with van der Waals surface area (Å²) in [5.41, 5.74) is 4.27. The van der Waals surface area contributed by atoms with E-state index in [2.05, 4.69) is 42.0 Å². The van der Waals surface area contributed by atoms with Gasteiger partial charge in [-0.05, 0) is 36.5 Å². The lowest BCUT2D eigenvalue weighted by Gasteiger charge is -2.03. The highest BCUT2D eigenvalue weighted by Gasteiger charge is 2.14. The molecule has 0 aliphatic rings. The maximum Gasteiger partial charge on any atom is 0.178 e. The number of hydrogen-bond donors (Lipinski definition) is 0. The molecule has 10 heteroatoms. The van der Waals surface area contributed by atoms with Crippen molar-refractivity contribution in [1.82, 2.24) is 17.5 Å². The Hall–Kier alpha value is -1.88. The second kappa shape index (κ2) is 11.8. The fraction of sp³-hybridized carbons (Fsp3) is 0.364. The number of unbranched alkanes of at least 4 members (excludes halogenated alkanes) is 3. The first-order valence-corrected chi connectivity index (χ1v) is 14.0. The maximum atomic E-state index is 4.51. The molecule has 166 valence electrons. The van der Waals surface area contributed by atoms with Crippen LogP contribution in [-0.2, 0) is 14.1 Å². The van der Waals surface area contributed by atoms with Crippen LogP contribution in [0.3, 0.4) is 0 Å². The van der Waals surface area contributed by atoms with Crippen molar-refractivity contribution in [3.63, 3.8) is 0 Å². The second-order valence-corrected chi connectivity index (χ2v) is 10.7. The summed E-state index contributed by atoms with van der Waals surface area (Å²) >= 11 is 6.23. The lowest BCUT2D eigenvalue weighted by atomic mass is 10.2. The highest BCUT2D eigenvalue weighted by Crippen LogP contribution is 2.31. The molecule has 0 N–H and O–H groups in total. The third kappa shape index (κ3) is 6.34. The molecule has 4 rings (SSSR count). The van der Waals surface area contributed by atoms with E-state index >= 15 is 0 Å². The lowest BCUT2D eigenvalue weighted by molar-refractivity contribution is -0.671. The SMILES string of the molecule is C[n+]1cccc(-c2nsnc2SCCCCCCSc2nsnc2-c2ccc[n+](C)c2)c1. The summed E-state index contributed by atoms with van der Waals surface area (Å²) in [7, 11) is 4.06. The van der Waals surface area contributed by atoms with E-state index in [9.17, 15) is 0 Å². The molecule has 32 heavy (non-hydrogen) atoms. The Bertz CT molecular complexity index is 1050. The minimum Gasteiger partial charge on any atom is -0.207 e. The van der Waals surface area contributed by atoms with Crippen molar-refractivity contribution < 1.29 is 9.13 Å². The number of hydrogen-bond acceptors (Lipinski definition) is 8. The van der Waals surface area contributed by atoms with Crippen LogP contribution in [0, 0.1) is 0 Å². The fourth-order valence-corrected chi connectivity index (χ4v) is 6.63. The molecule has 0 amide bonds. The molecule has 0 aliphatic heterocycles. The smallest absolute Gasteiger partial charge is 0.178 e. The number of nitrogens with zero attached hydrogens (tertiary/aromatic N) is 6. The molecule has 0 atom stereocenters. The van der Waals surface area contributed by atoms with Crippen LogP contribution in [0.4, 0.5) is 0 Å². The Labute approximate surface area is 205 Å². The largest absolute Gasteiger partial charge is 0.207 e. The van der Waals surface area contributed by atoms with E-state index in [1.165, 1.54) is 49.1 Å². The van der Waals surface area contributed by atoms with Gasteiger partial charge in [-0.2, -0.15) is 17.5 Å².